The van der Waals surface area contributed by atoms with Crippen molar-refractivity contribution in [1.82, 2.24) is 5.32 Å². The number of hydrogen-bond donors (Lipinski definition) is 1. The average molecular weight is 230 g/mol. The molecule has 1 nitrogen and oxygen atoms in total. The van der Waals surface area contributed by atoms with Crippen molar-refractivity contribution in [2.75, 3.05) is 0 Å². The van der Waals surface area contributed by atoms with Gasteiger partial charge in [-0.3, -0.25) is 0 Å². The molecule has 2 unspecified atom stereocenters. The van der Waals surface area contributed by atoms with Gasteiger partial charge in [0.05, 0.1) is 0 Å². The van der Waals surface area contributed by atoms with Crippen LogP contribution in [0.1, 0.15) is 50.6 Å². The van der Waals surface area contributed by atoms with Crippen molar-refractivity contribution in [3.05, 3.63) is 42.8 Å². The standard InChI is InChI=1S/C16H24N/c1-13(15-9-5-3-6-10-15)17-14(2)16-11-7-4-8-12-16/h4,7-8,11-15,17H,1,3,5-6,9-10H2,2H3. The topological polar surface area (TPSA) is 12.0 Å². The second-order valence-corrected chi connectivity index (χ2v) is 5.30. The molecule has 0 amide bonds. The summed E-state index contributed by atoms with van der Waals surface area (Å²) in [5.41, 5.74) is 1.36. The van der Waals surface area contributed by atoms with Gasteiger partial charge in [-0.2, -0.15) is 0 Å². The van der Waals surface area contributed by atoms with Gasteiger partial charge in [0.2, 0.25) is 0 Å². The molecular weight excluding hydrogens is 206 g/mol. The maximum absolute atomic E-state index is 4.32. The second kappa shape index (κ2) is 6.20. The van der Waals surface area contributed by atoms with E-state index in [-0.39, 0.29) is 0 Å². The van der Waals surface area contributed by atoms with Crippen LogP contribution >= 0.6 is 0 Å². The fourth-order valence-electron chi connectivity index (χ4n) is 2.83. The Kier molecular flexibility index (Phi) is 4.61. The zero-order chi connectivity index (χ0) is 12.1. The molecule has 2 atom stereocenters. The van der Waals surface area contributed by atoms with E-state index in [0.717, 1.165) is 5.92 Å². The van der Waals surface area contributed by atoms with Crippen LogP contribution in [-0.2, 0) is 0 Å². The molecule has 1 aliphatic carbocycles. The van der Waals surface area contributed by atoms with Crippen LogP contribution in [0.15, 0.2) is 30.3 Å². The fourth-order valence-corrected chi connectivity index (χ4v) is 2.83. The lowest BCUT2D eigenvalue weighted by Gasteiger charge is -2.30. The van der Waals surface area contributed by atoms with Gasteiger partial charge in [-0.1, -0.05) is 49.6 Å². The minimum absolute atomic E-state index is 0.394. The van der Waals surface area contributed by atoms with E-state index in [2.05, 4.69) is 49.5 Å². The van der Waals surface area contributed by atoms with Crippen LogP contribution in [0.4, 0.5) is 0 Å². The third-order valence-electron chi connectivity index (χ3n) is 3.98. The van der Waals surface area contributed by atoms with Crippen LogP contribution in [-0.4, -0.2) is 6.04 Å². The molecule has 0 spiro atoms. The predicted octanol–water partition coefficient (Wildman–Crippen LogP) is 4.12. The van der Waals surface area contributed by atoms with Crippen molar-refractivity contribution in [3.8, 4) is 0 Å². The molecular formula is C16H24N. The smallest absolute Gasteiger partial charge is 0.0294 e. The van der Waals surface area contributed by atoms with Crippen LogP contribution < -0.4 is 5.32 Å². The summed E-state index contributed by atoms with van der Waals surface area (Å²) >= 11 is 0. The van der Waals surface area contributed by atoms with Gasteiger partial charge in [-0.25, -0.2) is 0 Å². The molecule has 17 heavy (non-hydrogen) atoms. The first kappa shape index (κ1) is 12.6. The maximum atomic E-state index is 4.32. The quantitative estimate of drug-likeness (QED) is 0.820. The summed E-state index contributed by atoms with van der Waals surface area (Å²) in [4.78, 5) is 0. The summed E-state index contributed by atoms with van der Waals surface area (Å²) < 4.78 is 0. The largest absolute Gasteiger partial charge is 0.307 e. The SMILES string of the molecule is [CH2]C(NC(C)c1ccccc1)C1CCCCC1. The van der Waals surface area contributed by atoms with E-state index >= 15 is 0 Å². The van der Waals surface area contributed by atoms with Crippen LogP contribution in [0.3, 0.4) is 0 Å². The van der Waals surface area contributed by atoms with Gasteiger partial charge in [0.1, 0.15) is 0 Å². The zero-order valence-electron chi connectivity index (χ0n) is 10.9. The molecule has 0 aromatic heterocycles. The highest BCUT2D eigenvalue weighted by Gasteiger charge is 2.21. The molecule has 0 bridgehead atoms. The molecule has 1 fully saturated rings. The highest BCUT2D eigenvalue weighted by Crippen LogP contribution is 2.27. The van der Waals surface area contributed by atoms with E-state index in [1.54, 1.807) is 0 Å². The van der Waals surface area contributed by atoms with Crippen molar-refractivity contribution < 1.29 is 0 Å². The summed E-state index contributed by atoms with van der Waals surface area (Å²) in [5, 5.41) is 3.65. The Morgan fingerprint density at radius 1 is 1.12 bits per heavy atom. The maximum Gasteiger partial charge on any atom is 0.0294 e. The Balaban J connectivity index is 1.87. The average Bonchev–Trinajstić information content (AvgIpc) is 2.40. The van der Waals surface area contributed by atoms with Gasteiger partial charge in [0.15, 0.2) is 0 Å². The summed E-state index contributed by atoms with van der Waals surface area (Å²) in [6.07, 6.45) is 6.89. The fraction of sp³-hybridized carbons (Fsp3) is 0.562. The van der Waals surface area contributed by atoms with Gasteiger partial charge < -0.3 is 5.32 Å². The van der Waals surface area contributed by atoms with Gasteiger partial charge in [0.25, 0.3) is 0 Å². The summed E-state index contributed by atoms with van der Waals surface area (Å²) in [6, 6.07) is 11.4. The van der Waals surface area contributed by atoms with Crippen LogP contribution in [0.5, 0.6) is 0 Å². The van der Waals surface area contributed by atoms with E-state index < -0.39 is 0 Å². The molecule has 1 radical (unpaired) electrons. The Hall–Kier alpha value is -0.820. The highest BCUT2D eigenvalue weighted by atomic mass is 14.9. The molecule has 1 saturated carbocycles. The van der Waals surface area contributed by atoms with Gasteiger partial charge in [-0.05, 0) is 38.2 Å². The molecule has 1 heteroatoms. The molecule has 0 heterocycles. The Morgan fingerprint density at radius 3 is 2.41 bits per heavy atom. The lowest BCUT2D eigenvalue weighted by Crippen LogP contribution is -2.36. The monoisotopic (exact) mass is 230 g/mol. The zero-order valence-corrected chi connectivity index (χ0v) is 10.9. The highest BCUT2D eigenvalue weighted by molar-refractivity contribution is 5.18. The molecule has 0 aliphatic heterocycles. The van der Waals surface area contributed by atoms with E-state index in [9.17, 15) is 0 Å². The first-order valence-electron chi connectivity index (χ1n) is 6.91. The van der Waals surface area contributed by atoms with E-state index in [0.29, 0.717) is 12.1 Å². The van der Waals surface area contributed by atoms with Gasteiger partial charge >= 0.3 is 0 Å². The van der Waals surface area contributed by atoms with E-state index in [4.69, 9.17) is 0 Å². The third kappa shape index (κ3) is 3.57. The van der Waals surface area contributed by atoms with Crippen LogP contribution in [0.25, 0.3) is 0 Å². The van der Waals surface area contributed by atoms with Gasteiger partial charge in [0, 0.05) is 12.1 Å². The first-order chi connectivity index (χ1) is 8.27. The molecule has 2 rings (SSSR count). The second-order valence-electron chi connectivity index (χ2n) is 5.30. The number of nitrogens with one attached hydrogen (secondary N) is 1. The lowest BCUT2D eigenvalue weighted by molar-refractivity contribution is 0.286. The summed E-state index contributed by atoms with van der Waals surface area (Å²) in [6.45, 7) is 6.55. The third-order valence-corrected chi connectivity index (χ3v) is 3.98. The molecule has 1 N–H and O–H groups in total. The lowest BCUT2D eigenvalue weighted by atomic mass is 9.84. The van der Waals surface area contributed by atoms with E-state index in [1.165, 1.54) is 37.7 Å². The van der Waals surface area contributed by atoms with Crippen LogP contribution in [0, 0.1) is 12.8 Å². The van der Waals surface area contributed by atoms with Crippen molar-refractivity contribution >= 4 is 0 Å². The number of hydrogen-bond acceptors (Lipinski definition) is 1. The molecule has 1 aromatic carbocycles. The van der Waals surface area contributed by atoms with Crippen molar-refractivity contribution in [2.24, 2.45) is 5.92 Å². The van der Waals surface area contributed by atoms with Crippen molar-refractivity contribution in [3.63, 3.8) is 0 Å². The normalized spacial score (nSPS) is 21.1. The first-order valence-corrected chi connectivity index (χ1v) is 6.91. The number of rotatable bonds is 4. The molecule has 0 saturated heterocycles. The number of benzene rings is 1. The minimum Gasteiger partial charge on any atom is -0.307 e. The molecule has 93 valence electrons. The van der Waals surface area contributed by atoms with Crippen molar-refractivity contribution in [1.29, 1.82) is 0 Å². The molecule has 1 aliphatic rings. The Morgan fingerprint density at radius 2 is 1.76 bits per heavy atom. The van der Waals surface area contributed by atoms with Crippen molar-refractivity contribution in [2.45, 2.75) is 51.1 Å². The minimum atomic E-state index is 0.394. The summed E-state index contributed by atoms with van der Waals surface area (Å²) in [5.74, 6) is 0.773. The van der Waals surface area contributed by atoms with Gasteiger partial charge in [-0.15, -0.1) is 0 Å². The van der Waals surface area contributed by atoms with E-state index in [1.807, 2.05) is 0 Å². The van der Waals surface area contributed by atoms with Crippen LogP contribution in [0.2, 0.25) is 0 Å². The Labute approximate surface area is 106 Å². The summed E-state index contributed by atoms with van der Waals surface area (Å²) in [7, 11) is 0. The Bertz CT molecular complexity index is 314. The predicted molar refractivity (Wildman–Crippen MR) is 73.7 cm³/mol. The molecule has 1 aromatic rings.